The number of aliphatic hydroxyl groups is 1. The van der Waals surface area contributed by atoms with E-state index >= 15 is 0 Å². The Hall–Kier alpha value is -2.97. The van der Waals surface area contributed by atoms with Gasteiger partial charge in [-0.1, -0.05) is 59.9 Å². The normalized spacial score (nSPS) is 19.9. The number of hydrogen-bond donors (Lipinski definition) is 1. The van der Waals surface area contributed by atoms with Gasteiger partial charge in [0.05, 0.1) is 22.3 Å². The van der Waals surface area contributed by atoms with Crippen molar-refractivity contribution in [3.63, 3.8) is 0 Å². The quantitative estimate of drug-likeness (QED) is 0.484. The molecule has 1 aliphatic rings. The number of aromatic nitrogens is 1. The summed E-state index contributed by atoms with van der Waals surface area (Å²) < 4.78 is 42.4. The van der Waals surface area contributed by atoms with Gasteiger partial charge in [0.25, 0.3) is 5.72 Å². The van der Waals surface area contributed by atoms with Crippen molar-refractivity contribution >= 4 is 43.2 Å². The number of fused-ring (bicyclic) bond motifs is 2. The van der Waals surface area contributed by atoms with Gasteiger partial charge in [-0.3, -0.25) is 0 Å². The summed E-state index contributed by atoms with van der Waals surface area (Å²) in [6, 6.07) is 19.9. The van der Waals surface area contributed by atoms with Crippen LogP contribution in [0, 0.1) is 0 Å². The van der Waals surface area contributed by atoms with Crippen molar-refractivity contribution in [1.29, 1.82) is 0 Å². The first kappa shape index (κ1) is 18.1. The molecule has 8 heteroatoms. The van der Waals surface area contributed by atoms with E-state index in [-0.39, 0.29) is 10.8 Å². The molecule has 0 amide bonds. The highest BCUT2D eigenvalue weighted by atomic mass is 32.1. The summed E-state index contributed by atoms with van der Waals surface area (Å²) in [6.45, 7) is 0. The molecule has 4 aromatic rings. The molecule has 0 fully saturated rings. The molecule has 2 heterocycles. The molecule has 29 heavy (non-hydrogen) atoms. The summed E-state index contributed by atoms with van der Waals surface area (Å²) >= 11 is 1.06. The molecule has 1 aliphatic heterocycles. The minimum atomic E-state index is -4.91. The molecule has 4 nitrogen and oxygen atoms in total. The van der Waals surface area contributed by atoms with Crippen LogP contribution in [0.15, 0.2) is 71.8 Å². The molecule has 5 rings (SSSR count). The molecule has 1 atom stereocenters. The number of para-hydroxylation sites is 1. The lowest BCUT2D eigenvalue weighted by molar-refractivity contribution is -0.254. The lowest BCUT2D eigenvalue weighted by Gasteiger charge is -2.32. The van der Waals surface area contributed by atoms with Gasteiger partial charge in [-0.15, -0.1) is 0 Å². The molecule has 1 N–H and O–H groups in total. The summed E-state index contributed by atoms with van der Waals surface area (Å²) in [6.07, 6.45) is -5.59. The topological polar surface area (TPSA) is 48.7 Å². The molecule has 0 unspecified atom stereocenters. The van der Waals surface area contributed by atoms with Gasteiger partial charge in [0, 0.05) is 0 Å². The second kappa shape index (κ2) is 6.27. The molecule has 0 bridgehead atoms. The Morgan fingerprint density at radius 1 is 0.966 bits per heavy atom. The number of alkyl halides is 3. The van der Waals surface area contributed by atoms with Crippen molar-refractivity contribution in [2.75, 3.05) is 5.01 Å². The number of hydrazone groups is 1. The Labute approximate surface area is 167 Å². The molecule has 3 aromatic carbocycles. The second-order valence-electron chi connectivity index (χ2n) is 6.88. The van der Waals surface area contributed by atoms with Crippen LogP contribution in [0.25, 0.3) is 21.0 Å². The van der Waals surface area contributed by atoms with Crippen LogP contribution in [-0.2, 0) is 0 Å². The molecular weight excluding hydrogens is 399 g/mol. The molecule has 0 saturated heterocycles. The van der Waals surface area contributed by atoms with E-state index in [1.165, 1.54) is 0 Å². The van der Waals surface area contributed by atoms with Gasteiger partial charge in [-0.05, 0) is 34.5 Å². The Morgan fingerprint density at radius 2 is 1.69 bits per heavy atom. The van der Waals surface area contributed by atoms with E-state index in [9.17, 15) is 18.3 Å². The predicted octanol–water partition coefficient (Wildman–Crippen LogP) is 5.31. The third kappa shape index (κ3) is 2.87. The monoisotopic (exact) mass is 413 g/mol. The van der Waals surface area contributed by atoms with Gasteiger partial charge >= 0.3 is 6.18 Å². The van der Waals surface area contributed by atoms with Gasteiger partial charge in [0.15, 0.2) is 0 Å². The summed E-state index contributed by atoms with van der Waals surface area (Å²) in [5.41, 5.74) is -1.89. The first-order valence-corrected chi connectivity index (χ1v) is 9.68. The smallest absolute Gasteiger partial charge is 0.362 e. The predicted molar refractivity (Wildman–Crippen MR) is 108 cm³/mol. The molecular formula is C21H14F3N3OS. The minimum Gasteiger partial charge on any atom is -0.362 e. The van der Waals surface area contributed by atoms with Gasteiger partial charge in [0.1, 0.15) is 0 Å². The molecule has 146 valence electrons. The van der Waals surface area contributed by atoms with E-state index in [0.717, 1.165) is 26.8 Å². The summed E-state index contributed by atoms with van der Waals surface area (Å²) in [7, 11) is 0. The van der Waals surface area contributed by atoms with E-state index in [1.54, 1.807) is 36.4 Å². The first-order chi connectivity index (χ1) is 13.8. The highest BCUT2D eigenvalue weighted by Crippen LogP contribution is 2.45. The largest absolute Gasteiger partial charge is 0.438 e. The average molecular weight is 413 g/mol. The van der Waals surface area contributed by atoms with Crippen LogP contribution < -0.4 is 5.01 Å². The first-order valence-electron chi connectivity index (χ1n) is 8.87. The molecule has 0 spiro atoms. The highest BCUT2D eigenvalue weighted by molar-refractivity contribution is 7.22. The van der Waals surface area contributed by atoms with Crippen LogP contribution >= 0.6 is 11.3 Å². The van der Waals surface area contributed by atoms with Crippen molar-refractivity contribution < 1.29 is 18.3 Å². The van der Waals surface area contributed by atoms with Gasteiger partial charge in [0.2, 0.25) is 5.13 Å². The molecule has 0 saturated carbocycles. The van der Waals surface area contributed by atoms with Crippen molar-refractivity contribution in [2.45, 2.75) is 18.3 Å². The fourth-order valence-electron chi connectivity index (χ4n) is 3.45. The Kier molecular flexibility index (Phi) is 3.91. The van der Waals surface area contributed by atoms with Gasteiger partial charge in [-0.2, -0.15) is 23.3 Å². The third-order valence-corrected chi connectivity index (χ3v) is 6.00. The number of halogens is 3. The third-order valence-electron chi connectivity index (χ3n) is 4.99. The number of thiazole rings is 1. The SMILES string of the molecule is O[C@]1(C(F)(F)F)CC(c2ccc3ccccc3c2)=NN1c1nc2ccccc2s1. The van der Waals surface area contributed by atoms with E-state index in [4.69, 9.17) is 0 Å². The van der Waals surface area contributed by atoms with Crippen LogP contribution in [0.1, 0.15) is 12.0 Å². The summed E-state index contributed by atoms with van der Waals surface area (Å²) in [5, 5.41) is 17.3. The Morgan fingerprint density at radius 3 is 2.45 bits per heavy atom. The maximum Gasteiger partial charge on any atom is 0.438 e. The van der Waals surface area contributed by atoms with Crippen molar-refractivity contribution in [2.24, 2.45) is 5.10 Å². The average Bonchev–Trinajstić information content (AvgIpc) is 3.29. The van der Waals surface area contributed by atoms with Crippen LogP contribution in [0.3, 0.4) is 0 Å². The molecule has 0 aliphatic carbocycles. The van der Waals surface area contributed by atoms with Crippen LogP contribution in [0.5, 0.6) is 0 Å². The zero-order valence-corrected chi connectivity index (χ0v) is 15.7. The number of nitrogens with zero attached hydrogens (tertiary/aromatic N) is 3. The fraction of sp³-hybridized carbons (Fsp3) is 0.143. The zero-order valence-electron chi connectivity index (χ0n) is 14.9. The van der Waals surface area contributed by atoms with Gasteiger partial charge < -0.3 is 5.11 Å². The van der Waals surface area contributed by atoms with Crippen LogP contribution in [-0.4, -0.2) is 27.7 Å². The Bertz CT molecular complexity index is 1230. The zero-order chi connectivity index (χ0) is 20.2. The van der Waals surface area contributed by atoms with E-state index in [1.807, 2.05) is 30.3 Å². The standard InChI is InChI=1S/C21H14F3N3OS/c22-21(23,24)20(28)12-17(15-10-9-13-5-1-2-6-14(13)11-15)26-27(20)19-25-16-7-3-4-8-18(16)29-19/h1-11,28H,12H2/t20-/m0/s1. The summed E-state index contributed by atoms with van der Waals surface area (Å²) in [5.74, 6) is 0. The van der Waals surface area contributed by atoms with Crippen molar-refractivity contribution in [3.8, 4) is 0 Å². The maximum absolute atomic E-state index is 13.9. The number of hydrogen-bond acceptors (Lipinski definition) is 5. The maximum atomic E-state index is 13.9. The van der Waals surface area contributed by atoms with E-state index in [2.05, 4.69) is 10.1 Å². The van der Waals surface area contributed by atoms with E-state index in [0.29, 0.717) is 16.1 Å². The van der Waals surface area contributed by atoms with Crippen molar-refractivity contribution in [3.05, 3.63) is 72.3 Å². The number of anilines is 1. The van der Waals surface area contributed by atoms with Crippen LogP contribution in [0.4, 0.5) is 18.3 Å². The second-order valence-corrected chi connectivity index (χ2v) is 7.88. The lowest BCUT2D eigenvalue weighted by Crippen LogP contribution is -2.55. The van der Waals surface area contributed by atoms with E-state index < -0.39 is 18.3 Å². The number of benzene rings is 3. The number of rotatable bonds is 2. The van der Waals surface area contributed by atoms with Crippen molar-refractivity contribution in [1.82, 2.24) is 4.98 Å². The summed E-state index contributed by atoms with van der Waals surface area (Å²) in [4.78, 5) is 4.26. The minimum absolute atomic E-state index is 0.00168. The molecule has 1 aromatic heterocycles. The van der Waals surface area contributed by atoms with Gasteiger partial charge in [-0.25, -0.2) is 4.98 Å². The highest BCUT2D eigenvalue weighted by Gasteiger charge is 2.62. The fourth-order valence-corrected chi connectivity index (χ4v) is 4.43. The molecule has 0 radical (unpaired) electrons. The Balaban J connectivity index is 1.64. The van der Waals surface area contributed by atoms with Crippen LogP contribution in [0.2, 0.25) is 0 Å². The lowest BCUT2D eigenvalue weighted by atomic mass is 9.98.